The molecule has 0 atom stereocenters. The zero-order valence-corrected chi connectivity index (χ0v) is 14.0. The molecule has 2 amide bonds. The molecule has 1 aromatic rings. The molecule has 22 heavy (non-hydrogen) atoms. The normalized spacial score (nSPS) is 10.3. The molecule has 0 radical (unpaired) electrons. The lowest BCUT2D eigenvalue weighted by Crippen LogP contribution is -2.30. The van der Waals surface area contributed by atoms with E-state index in [4.69, 9.17) is 21.1 Å². The van der Waals surface area contributed by atoms with Crippen LogP contribution in [0, 0.1) is 0 Å². The lowest BCUT2D eigenvalue weighted by Gasteiger charge is -2.10. The Morgan fingerprint density at radius 3 is 2.68 bits per heavy atom. The number of unbranched alkanes of at least 4 members (excludes halogenated alkanes) is 1. The molecule has 0 aliphatic carbocycles. The predicted octanol–water partition coefficient (Wildman–Crippen LogP) is 4.07. The average Bonchev–Trinajstić information content (AvgIpc) is 2.49. The van der Waals surface area contributed by atoms with Gasteiger partial charge in [0.2, 0.25) is 0 Å². The van der Waals surface area contributed by atoms with Gasteiger partial charge in [-0.25, -0.2) is 4.79 Å². The molecular formula is C16H25ClN2O3. The first-order valence-corrected chi connectivity index (χ1v) is 8.10. The Morgan fingerprint density at radius 1 is 1.23 bits per heavy atom. The third kappa shape index (κ3) is 7.52. The molecule has 1 aromatic carbocycles. The van der Waals surface area contributed by atoms with Crippen molar-refractivity contribution in [3.63, 3.8) is 0 Å². The standard InChI is InChI=1S/C16H25ClN2O3/c1-3-5-10-21-11-6-9-18-16(20)19-13-7-8-15(22-4-2)14(17)12-13/h7-8,12H,3-6,9-11H2,1-2H3,(H2,18,19,20). The molecule has 0 fully saturated rings. The molecule has 0 aliphatic heterocycles. The number of nitrogens with one attached hydrogen (secondary N) is 2. The smallest absolute Gasteiger partial charge is 0.319 e. The summed E-state index contributed by atoms with van der Waals surface area (Å²) in [6.07, 6.45) is 3.00. The number of ether oxygens (including phenoxy) is 2. The van der Waals surface area contributed by atoms with Crippen molar-refractivity contribution in [2.24, 2.45) is 0 Å². The van der Waals surface area contributed by atoms with E-state index in [1.54, 1.807) is 18.2 Å². The third-order valence-corrected chi connectivity index (χ3v) is 3.18. The summed E-state index contributed by atoms with van der Waals surface area (Å²) in [6.45, 7) is 6.59. The number of carbonyl (C=O) groups is 1. The minimum atomic E-state index is -0.256. The highest BCUT2D eigenvalue weighted by molar-refractivity contribution is 6.32. The monoisotopic (exact) mass is 328 g/mol. The quantitative estimate of drug-likeness (QED) is 0.636. The molecule has 0 heterocycles. The molecule has 0 unspecified atom stereocenters. The first kappa shape index (κ1) is 18.6. The molecule has 0 aliphatic rings. The van der Waals surface area contributed by atoms with Gasteiger partial charge in [0, 0.05) is 25.4 Å². The van der Waals surface area contributed by atoms with E-state index in [0.717, 1.165) is 25.9 Å². The summed E-state index contributed by atoms with van der Waals surface area (Å²) in [5.74, 6) is 0.611. The molecule has 0 spiro atoms. The summed E-state index contributed by atoms with van der Waals surface area (Å²) < 4.78 is 10.8. The van der Waals surface area contributed by atoms with Crippen LogP contribution in [0.15, 0.2) is 18.2 Å². The molecule has 0 bridgehead atoms. The Balaban J connectivity index is 2.23. The van der Waals surface area contributed by atoms with Gasteiger partial charge in [0.05, 0.1) is 11.6 Å². The van der Waals surface area contributed by atoms with Gasteiger partial charge < -0.3 is 20.1 Å². The second-order valence-corrected chi connectivity index (χ2v) is 5.19. The number of benzene rings is 1. The largest absolute Gasteiger partial charge is 0.492 e. The Bertz CT molecular complexity index is 455. The van der Waals surface area contributed by atoms with Gasteiger partial charge in [0.25, 0.3) is 0 Å². The third-order valence-electron chi connectivity index (χ3n) is 2.88. The van der Waals surface area contributed by atoms with E-state index >= 15 is 0 Å². The average molecular weight is 329 g/mol. The van der Waals surface area contributed by atoms with Crippen LogP contribution in [0.2, 0.25) is 5.02 Å². The number of rotatable bonds is 10. The van der Waals surface area contributed by atoms with E-state index in [9.17, 15) is 4.79 Å². The second-order valence-electron chi connectivity index (χ2n) is 4.78. The molecule has 2 N–H and O–H groups in total. The maximum Gasteiger partial charge on any atom is 0.319 e. The molecule has 124 valence electrons. The van der Waals surface area contributed by atoms with E-state index in [1.165, 1.54) is 0 Å². The highest BCUT2D eigenvalue weighted by Crippen LogP contribution is 2.27. The van der Waals surface area contributed by atoms with Gasteiger partial charge in [-0.2, -0.15) is 0 Å². The van der Waals surface area contributed by atoms with Crippen LogP contribution in [-0.2, 0) is 4.74 Å². The van der Waals surface area contributed by atoms with Gasteiger partial charge in [0.15, 0.2) is 0 Å². The number of urea groups is 1. The van der Waals surface area contributed by atoms with Crippen LogP contribution >= 0.6 is 11.6 Å². The first-order chi connectivity index (χ1) is 10.7. The van der Waals surface area contributed by atoms with Gasteiger partial charge in [-0.1, -0.05) is 24.9 Å². The van der Waals surface area contributed by atoms with Crippen LogP contribution in [0.4, 0.5) is 10.5 Å². The molecule has 0 saturated heterocycles. The minimum absolute atomic E-state index is 0.256. The van der Waals surface area contributed by atoms with Crippen LogP contribution < -0.4 is 15.4 Å². The van der Waals surface area contributed by atoms with Crippen molar-refractivity contribution >= 4 is 23.3 Å². The number of amides is 2. The molecule has 0 aromatic heterocycles. The zero-order chi connectivity index (χ0) is 16.2. The van der Waals surface area contributed by atoms with Crippen LogP contribution in [0.1, 0.15) is 33.1 Å². The first-order valence-electron chi connectivity index (χ1n) is 7.72. The zero-order valence-electron chi connectivity index (χ0n) is 13.3. The Hall–Kier alpha value is -1.46. The summed E-state index contributed by atoms with van der Waals surface area (Å²) in [6, 6.07) is 4.90. The number of halogens is 1. The van der Waals surface area contributed by atoms with E-state index < -0.39 is 0 Å². The van der Waals surface area contributed by atoms with E-state index in [2.05, 4.69) is 17.6 Å². The van der Waals surface area contributed by atoms with Crippen molar-refractivity contribution in [1.82, 2.24) is 5.32 Å². The van der Waals surface area contributed by atoms with Crippen molar-refractivity contribution in [3.8, 4) is 5.75 Å². The topological polar surface area (TPSA) is 59.6 Å². The van der Waals surface area contributed by atoms with Crippen molar-refractivity contribution in [2.45, 2.75) is 33.1 Å². The number of hydrogen-bond donors (Lipinski definition) is 2. The van der Waals surface area contributed by atoms with Gasteiger partial charge in [0.1, 0.15) is 5.75 Å². The van der Waals surface area contributed by atoms with Gasteiger partial charge in [-0.15, -0.1) is 0 Å². The van der Waals surface area contributed by atoms with Gasteiger partial charge in [-0.05, 0) is 38.0 Å². The van der Waals surface area contributed by atoms with E-state index in [1.807, 2.05) is 6.92 Å². The van der Waals surface area contributed by atoms with Crippen LogP contribution in [0.3, 0.4) is 0 Å². The maximum absolute atomic E-state index is 11.7. The minimum Gasteiger partial charge on any atom is -0.492 e. The van der Waals surface area contributed by atoms with Gasteiger partial charge >= 0.3 is 6.03 Å². The van der Waals surface area contributed by atoms with Crippen molar-refractivity contribution in [2.75, 3.05) is 31.7 Å². The van der Waals surface area contributed by atoms with Crippen LogP contribution in [0.25, 0.3) is 0 Å². The highest BCUT2D eigenvalue weighted by Gasteiger charge is 2.05. The fourth-order valence-electron chi connectivity index (χ4n) is 1.75. The summed E-state index contributed by atoms with van der Waals surface area (Å²) in [5, 5.41) is 5.99. The molecule has 0 saturated carbocycles. The summed E-state index contributed by atoms with van der Waals surface area (Å²) in [7, 11) is 0. The van der Waals surface area contributed by atoms with Gasteiger partial charge in [-0.3, -0.25) is 0 Å². The molecule has 5 nitrogen and oxygen atoms in total. The summed E-state index contributed by atoms with van der Waals surface area (Å²) in [5.41, 5.74) is 0.630. The lowest BCUT2D eigenvalue weighted by atomic mass is 10.3. The van der Waals surface area contributed by atoms with Crippen molar-refractivity contribution in [1.29, 1.82) is 0 Å². The van der Waals surface area contributed by atoms with E-state index in [0.29, 0.717) is 36.2 Å². The number of hydrogen-bond acceptors (Lipinski definition) is 3. The number of anilines is 1. The molecule has 6 heteroatoms. The summed E-state index contributed by atoms with van der Waals surface area (Å²) >= 11 is 6.07. The highest BCUT2D eigenvalue weighted by atomic mass is 35.5. The summed E-state index contributed by atoms with van der Waals surface area (Å²) in [4.78, 5) is 11.7. The second kappa shape index (κ2) is 11.2. The fourth-order valence-corrected chi connectivity index (χ4v) is 1.99. The Labute approximate surface area is 137 Å². The Morgan fingerprint density at radius 2 is 2.00 bits per heavy atom. The number of carbonyl (C=O) groups excluding carboxylic acids is 1. The Kier molecular flexibility index (Phi) is 9.42. The van der Waals surface area contributed by atoms with E-state index in [-0.39, 0.29) is 6.03 Å². The SMILES string of the molecule is CCCCOCCCNC(=O)Nc1ccc(OCC)c(Cl)c1. The predicted molar refractivity (Wildman–Crippen MR) is 90.0 cm³/mol. The maximum atomic E-state index is 11.7. The lowest BCUT2D eigenvalue weighted by molar-refractivity contribution is 0.129. The molecule has 1 rings (SSSR count). The van der Waals surface area contributed by atoms with Crippen molar-refractivity contribution < 1.29 is 14.3 Å². The van der Waals surface area contributed by atoms with Crippen molar-refractivity contribution in [3.05, 3.63) is 23.2 Å². The fraction of sp³-hybridized carbons (Fsp3) is 0.562. The molecular weight excluding hydrogens is 304 g/mol. The van der Waals surface area contributed by atoms with Crippen LogP contribution in [0.5, 0.6) is 5.75 Å². The van der Waals surface area contributed by atoms with Crippen LogP contribution in [-0.4, -0.2) is 32.4 Å².